The topological polar surface area (TPSA) is 109 Å². The summed E-state index contributed by atoms with van der Waals surface area (Å²) in [5.41, 5.74) is 2.43. The molecule has 10 heteroatoms. The summed E-state index contributed by atoms with van der Waals surface area (Å²) in [5.74, 6) is 0.713. The lowest BCUT2D eigenvalue weighted by Crippen LogP contribution is -2.55. The van der Waals surface area contributed by atoms with E-state index in [4.69, 9.17) is 14.2 Å². The first-order valence-electron chi connectivity index (χ1n) is 11.6. The van der Waals surface area contributed by atoms with E-state index in [0.717, 1.165) is 11.1 Å². The van der Waals surface area contributed by atoms with Crippen LogP contribution in [0.1, 0.15) is 16.8 Å². The van der Waals surface area contributed by atoms with E-state index in [1.807, 2.05) is 18.2 Å². The monoisotopic (exact) mass is 480 g/mol. The van der Waals surface area contributed by atoms with Crippen LogP contribution in [0.4, 0.5) is 10.5 Å². The SMILES string of the molecule is COc1ccc(-c2ccc3c(c2)C(=O)N2CCC(NC(=O)N4CCOCC4)C2C(=O)N3)c(OC)c1. The van der Waals surface area contributed by atoms with Crippen molar-refractivity contribution in [3.05, 3.63) is 42.0 Å². The molecular formula is C25H28N4O6. The lowest BCUT2D eigenvalue weighted by Gasteiger charge is -2.30. The first-order chi connectivity index (χ1) is 17.0. The smallest absolute Gasteiger partial charge is 0.317 e. The summed E-state index contributed by atoms with van der Waals surface area (Å²) in [6, 6.07) is 9.33. The summed E-state index contributed by atoms with van der Waals surface area (Å²) in [7, 11) is 3.16. The summed E-state index contributed by atoms with van der Waals surface area (Å²) < 4.78 is 16.1. The number of anilines is 1. The van der Waals surface area contributed by atoms with Gasteiger partial charge in [0.25, 0.3) is 5.91 Å². The summed E-state index contributed by atoms with van der Waals surface area (Å²) >= 11 is 0. The Hall–Kier alpha value is -3.79. The molecule has 0 radical (unpaired) electrons. The number of morpholine rings is 1. The molecule has 3 aliphatic heterocycles. The van der Waals surface area contributed by atoms with Crippen molar-refractivity contribution in [2.45, 2.75) is 18.5 Å². The Kier molecular flexibility index (Phi) is 6.21. The Bertz CT molecular complexity index is 1160. The highest BCUT2D eigenvalue weighted by Crippen LogP contribution is 2.37. The summed E-state index contributed by atoms with van der Waals surface area (Å²) in [5, 5.41) is 5.86. The first kappa shape index (κ1) is 23.0. The van der Waals surface area contributed by atoms with Gasteiger partial charge in [0.1, 0.15) is 17.5 Å². The maximum atomic E-state index is 13.6. The van der Waals surface area contributed by atoms with Gasteiger partial charge in [-0.25, -0.2) is 4.79 Å². The van der Waals surface area contributed by atoms with Crippen LogP contribution in [0.25, 0.3) is 11.1 Å². The van der Waals surface area contributed by atoms with Gasteiger partial charge in [-0.3, -0.25) is 9.59 Å². The van der Waals surface area contributed by atoms with Gasteiger partial charge in [0.15, 0.2) is 0 Å². The highest BCUT2D eigenvalue weighted by molar-refractivity contribution is 6.11. The zero-order valence-electron chi connectivity index (χ0n) is 19.7. The van der Waals surface area contributed by atoms with Gasteiger partial charge in [-0.15, -0.1) is 0 Å². The van der Waals surface area contributed by atoms with Gasteiger partial charge in [-0.05, 0) is 36.2 Å². The fourth-order valence-electron chi connectivity index (χ4n) is 4.91. The Morgan fingerprint density at radius 1 is 1.03 bits per heavy atom. The molecule has 0 bridgehead atoms. The molecular weight excluding hydrogens is 452 g/mol. The molecule has 2 saturated heterocycles. The van der Waals surface area contributed by atoms with Crippen LogP contribution in [0, 0.1) is 0 Å². The van der Waals surface area contributed by atoms with Crippen LogP contribution in [0.2, 0.25) is 0 Å². The molecule has 2 unspecified atom stereocenters. The number of ether oxygens (including phenoxy) is 3. The number of carbonyl (C=O) groups is 3. The minimum atomic E-state index is -0.779. The lowest BCUT2D eigenvalue weighted by atomic mass is 10.00. The minimum absolute atomic E-state index is 0.240. The van der Waals surface area contributed by atoms with E-state index in [-0.39, 0.29) is 17.8 Å². The molecule has 4 amide bonds. The van der Waals surface area contributed by atoms with Crippen LogP contribution in [-0.2, 0) is 9.53 Å². The van der Waals surface area contributed by atoms with Gasteiger partial charge in [-0.1, -0.05) is 6.07 Å². The van der Waals surface area contributed by atoms with Crippen molar-refractivity contribution < 1.29 is 28.6 Å². The largest absolute Gasteiger partial charge is 0.497 e. The van der Waals surface area contributed by atoms with Crippen LogP contribution in [0.15, 0.2) is 36.4 Å². The molecule has 0 spiro atoms. The van der Waals surface area contributed by atoms with E-state index in [0.29, 0.717) is 62.0 Å². The van der Waals surface area contributed by atoms with E-state index in [2.05, 4.69) is 10.6 Å². The highest BCUT2D eigenvalue weighted by atomic mass is 16.5. The zero-order chi connectivity index (χ0) is 24.5. The molecule has 2 N–H and O–H groups in total. The molecule has 2 aromatic carbocycles. The van der Waals surface area contributed by atoms with Crippen molar-refractivity contribution in [2.24, 2.45) is 0 Å². The predicted octanol–water partition coefficient (Wildman–Crippen LogP) is 1.95. The summed E-state index contributed by atoms with van der Waals surface area (Å²) in [4.78, 5) is 42.7. The second-order valence-electron chi connectivity index (χ2n) is 8.70. The Morgan fingerprint density at radius 3 is 2.57 bits per heavy atom. The number of nitrogens with one attached hydrogen (secondary N) is 2. The van der Waals surface area contributed by atoms with Gasteiger partial charge in [-0.2, -0.15) is 0 Å². The van der Waals surface area contributed by atoms with Crippen molar-refractivity contribution in [3.8, 4) is 22.6 Å². The Balaban J connectivity index is 1.41. The fourth-order valence-corrected chi connectivity index (χ4v) is 4.91. The van der Waals surface area contributed by atoms with Crippen LogP contribution in [0.5, 0.6) is 11.5 Å². The van der Waals surface area contributed by atoms with Gasteiger partial charge in [0, 0.05) is 31.3 Å². The molecule has 3 heterocycles. The number of nitrogens with zero attached hydrogens (tertiary/aromatic N) is 2. The minimum Gasteiger partial charge on any atom is -0.497 e. The van der Waals surface area contributed by atoms with Gasteiger partial charge < -0.3 is 34.6 Å². The van der Waals surface area contributed by atoms with E-state index in [1.54, 1.807) is 42.2 Å². The number of hydrogen-bond donors (Lipinski definition) is 2. The standard InChI is InChI=1S/C25H28N4O6/c1-33-16-4-5-17(21(14-16)34-2)15-3-6-19-18(13-15)24(31)29-8-7-20(22(29)23(30)26-19)27-25(32)28-9-11-35-12-10-28/h3-6,13-14,20,22H,7-12H2,1-2H3,(H,26,30)(H,27,32). The van der Waals surface area contributed by atoms with Crippen LogP contribution >= 0.6 is 0 Å². The molecule has 2 fully saturated rings. The van der Waals surface area contributed by atoms with Crippen molar-refractivity contribution >= 4 is 23.5 Å². The van der Waals surface area contributed by atoms with Crippen molar-refractivity contribution in [2.75, 3.05) is 52.4 Å². The number of fused-ring (bicyclic) bond motifs is 2. The molecule has 0 saturated carbocycles. The molecule has 10 nitrogen and oxygen atoms in total. The number of carbonyl (C=O) groups excluding carboxylic acids is 3. The molecule has 0 aromatic heterocycles. The number of rotatable bonds is 4. The van der Waals surface area contributed by atoms with Crippen LogP contribution < -0.4 is 20.1 Å². The quantitative estimate of drug-likeness (QED) is 0.692. The summed E-state index contributed by atoms with van der Waals surface area (Å²) in [6.07, 6.45) is 0.501. The van der Waals surface area contributed by atoms with Crippen molar-refractivity contribution in [3.63, 3.8) is 0 Å². The van der Waals surface area contributed by atoms with E-state index >= 15 is 0 Å². The fraction of sp³-hybridized carbons (Fsp3) is 0.400. The number of urea groups is 1. The third kappa shape index (κ3) is 4.25. The van der Waals surface area contributed by atoms with E-state index in [1.165, 1.54) is 0 Å². The Labute approximate surface area is 203 Å². The third-order valence-corrected chi connectivity index (χ3v) is 6.76. The van der Waals surface area contributed by atoms with Crippen LogP contribution in [0.3, 0.4) is 0 Å². The Morgan fingerprint density at radius 2 is 1.83 bits per heavy atom. The van der Waals surface area contributed by atoms with Crippen molar-refractivity contribution in [1.82, 2.24) is 15.1 Å². The molecule has 2 atom stereocenters. The average Bonchev–Trinajstić information content (AvgIpc) is 3.28. The second kappa shape index (κ2) is 9.46. The predicted molar refractivity (Wildman–Crippen MR) is 128 cm³/mol. The van der Waals surface area contributed by atoms with Crippen molar-refractivity contribution in [1.29, 1.82) is 0 Å². The van der Waals surface area contributed by atoms with Gasteiger partial charge >= 0.3 is 6.03 Å². The molecule has 2 aromatic rings. The maximum absolute atomic E-state index is 13.6. The van der Waals surface area contributed by atoms with Crippen LogP contribution in [-0.4, -0.2) is 86.8 Å². The van der Waals surface area contributed by atoms with Gasteiger partial charge in [0.05, 0.1) is 44.7 Å². The summed E-state index contributed by atoms with van der Waals surface area (Å²) in [6.45, 7) is 2.36. The van der Waals surface area contributed by atoms with Gasteiger partial charge in [0.2, 0.25) is 5.91 Å². The first-order valence-corrected chi connectivity index (χ1v) is 11.6. The normalized spacial score (nSPS) is 21.5. The zero-order valence-corrected chi connectivity index (χ0v) is 19.7. The second-order valence-corrected chi connectivity index (χ2v) is 8.70. The third-order valence-electron chi connectivity index (χ3n) is 6.76. The maximum Gasteiger partial charge on any atom is 0.317 e. The number of hydrogen-bond acceptors (Lipinski definition) is 6. The number of benzene rings is 2. The van der Waals surface area contributed by atoms with E-state index in [9.17, 15) is 14.4 Å². The molecule has 0 aliphatic carbocycles. The average molecular weight is 481 g/mol. The molecule has 35 heavy (non-hydrogen) atoms. The highest BCUT2D eigenvalue weighted by Gasteiger charge is 2.45. The van der Waals surface area contributed by atoms with E-state index < -0.39 is 12.1 Å². The molecule has 3 aliphatic rings. The lowest BCUT2D eigenvalue weighted by molar-refractivity contribution is -0.120. The molecule has 184 valence electrons. The number of methoxy groups -OCH3 is 2. The molecule has 5 rings (SSSR count). The number of amides is 4.